The van der Waals surface area contributed by atoms with Crippen LogP contribution in [0.2, 0.25) is 0 Å². The Morgan fingerprint density at radius 2 is 1.97 bits per heavy atom. The van der Waals surface area contributed by atoms with Crippen LogP contribution in [0, 0.1) is 0 Å². The van der Waals surface area contributed by atoms with Gasteiger partial charge in [0.05, 0.1) is 32.1 Å². The first-order valence-electron chi connectivity index (χ1n) is 11.1. The van der Waals surface area contributed by atoms with Gasteiger partial charge in [-0.2, -0.15) is 0 Å². The van der Waals surface area contributed by atoms with Crippen LogP contribution in [0.1, 0.15) is 30.9 Å². The van der Waals surface area contributed by atoms with Gasteiger partial charge in [0.2, 0.25) is 11.1 Å². The van der Waals surface area contributed by atoms with Crippen molar-refractivity contribution in [2.45, 2.75) is 30.5 Å². The van der Waals surface area contributed by atoms with Gasteiger partial charge in [-0.05, 0) is 54.8 Å². The zero-order valence-corrected chi connectivity index (χ0v) is 19.3. The quantitative estimate of drug-likeness (QED) is 0.547. The van der Waals surface area contributed by atoms with E-state index in [4.69, 9.17) is 14.2 Å². The Kier molecular flexibility index (Phi) is 6.39. The largest absolute Gasteiger partial charge is 0.497 e. The Balaban J connectivity index is 1.23. The summed E-state index contributed by atoms with van der Waals surface area (Å²) in [6.07, 6.45) is 2.80. The smallest absolute Gasteiger partial charge is 0.233 e. The van der Waals surface area contributed by atoms with Gasteiger partial charge in [0.1, 0.15) is 5.75 Å². The maximum atomic E-state index is 13.1. The number of benzene rings is 2. The molecular formula is C24H26N4O4S. The highest BCUT2D eigenvalue weighted by Crippen LogP contribution is 2.38. The molecule has 2 aromatic carbocycles. The molecule has 33 heavy (non-hydrogen) atoms. The van der Waals surface area contributed by atoms with Gasteiger partial charge in [-0.25, -0.2) is 4.98 Å². The van der Waals surface area contributed by atoms with E-state index in [0.717, 1.165) is 54.2 Å². The number of amides is 1. The van der Waals surface area contributed by atoms with Crippen LogP contribution in [-0.4, -0.2) is 58.6 Å². The summed E-state index contributed by atoms with van der Waals surface area (Å²) < 4.78 is 16.8. The van der Waals surface area contributed by atoms with Crippen molar-refractivity contribution in [2.75, 3.05) is 32.6 Å². The van der Waals surface area contributed by atoms with E-state index >= 15 is 0 Å². The van der Waals surface area contributed by atoms with Crippen molar-refractivity contribution in [1.82, 2.24) is 20.1 Å². The number of rotatable bonds is 6. The van der Waals surface area contributed by atoms with Crippen LogP contribution in [0.4, 0.5) is 0 Å². The molecule has 9 heteroatoms. The molecule has 8 nitrogen and oxygen atoms in total. The Hall–Kier alpha value is -3.20. The van der Waals surface area contributed by atoms with Gasteiger partial charge >= 0.3 is 0 Å². The number of methoxy groups -OCH3 is 1. The minimum absolute atomic E-state index is 0.0530. The average Bonchev–Trinajstić information content (AvgIpc) is 3.48. The lowest BCUT2D eigenvalue weighted by molar-refractivity contribution is -0.129. The number of nitrogens with one attached hydrogen (secondary N) is 1. The predicted molar refractivity (Wildman–Crippen MR) is 125 cm³/mol. The lowest BCUT2D eigenvalue weighted by atomic mass is 10.0. The summed E-state index contributed by atoms with van der Waals surface area (Å²) in [4.78, 5) is 19.5. The van der Waals surface area contributed by atoms with E-state index in [0.29, 0.717) is 29.9 Å². The molecule has 0 radical (unpaired) electrons. The van der Waals surface area contributed by atoms with Crippen LogP contribution in [0.5, 0.6) is 17.2 Å². The zero-order valence-electron chi connectivity index (χ0n) is 18.5. The number of ether oxygens (including phenoxy) is 3. The van der Waals surface area contributed by atoms with Crippen molar-refractivity contribution in [3.05, 3.63) is 48.0 Å². The average molecular weight is 467 g/mol. The number of carbonyl (C=O) groups is 1. The number of fused-ring (bicyclic) bond motifs is 1. The number of likely N-dealkylation sites (tertiary alicyclic amines) is 1. The molecule has 3 heterocycles. The van der Waals surface area contributed by atoms with Crippen molar-refractivity contribution < 1.29 is 19.0 Å². The van der Waals surface area contributed by atoms with E-state index in [2.05, 4.69) is 15.2 Å². The molecule has 1 aromatic heterocycles. The lowest BCUT2D eigenvalue weighted by Gasteiger charge is -2.25. The molecule has 2 aliphatic heterocycles. The number of nitrogens with zero attached hydrogens (tertiary/aromatic N) is 3. The van der Waals surface area contributed by atoms with Gasteiger partial charge in [0, 0.05) is 18.5 Å². The third-order valence-corrected chi connectivity index (χ3v) is 6.71. The summed E-state index contributed by atoms with van der Waals surface area (Å²) in [5.74, 6) is 3.38. The topological polar surface area (TPSA) is 89.6 Å². The van der Waals surface area contributed by atoms with Gasteiger partial charge in [0.15, 0.2) is 17.3 Å². The number of thioether (sulfide) groups is 1. The molecular weight excluding hydrogens is 440 g/mol. The Morgan fingerprint density at radius 3 is 2.79 bits per heavy atom. The van der Waals surface area contributed by atoms with Crippen LogP contribution < -0.4 is 14.2 Å². The van der Waals surface area contributed by atoms with E-state index in [1.807, 2.05) is 47.4 Å². The Labute approximate surface area is 196 Å². The molecule has 0 saturated carbocycles. The number of aromatic nitrogens is 3. The fourth-order valence-electron chi connectivity index (χ4n) is 4.20. The summed E-state index contributed by atoms with van der Waals surface area (Å²) in [6, 6.07) is 13.7. The first-order chi connectivity index (χ1) is 16.2. The predicted octanol–water partition coefficient (Wildman–Crippen LogP) is 4.10. The molecule has 2 aliphatic rings. The first-order valence-corrected chi connectivity index (χ1v) is 12.1. The molecule has 1 amide bonds. The summed E-state index contributed by atoms with van der Waals surface area (Å²) in [5, 5.41) is 7.77. The molecule has 172 valence electrons. The standard InChI is InChI=1S/C24H26N4O4S/c1-30-18-8-5-16(6-9-18)23-25-24(27-26-23)33-15-22(29)28-11-2-4-19(28)17-7-10-20-21(14-17)32-13-3-12-31-20/h5-10,14,19H,2-4,11-13,15H2,1H3,(H,25,26,27). The van der Waals surface area contributed by atoms with Crippen LogP contribution in [0.3, 0.4) is 0 Å². The van der Waals surface area contributed by atoms with Gasteiger partial charge < -0.3 is 19.1 Å². The maximum Gasteiger partial charge on any atom is 0.233 e. The van der Waals surface area contributed by atoms with Crippen molar-refractivity contribution in [3.8, 4) is 28.6 Å². The molecule has 1 fully saturated rings. The van der Waals surface area contributed by atoms with E-state index in [1.165, 1.54) is 11.8 Å². The van der Waals surface area contributed by atoms with E-state index in [9.17, 15) is 4.79 Å². The molecule has 3 aromatic rings. The van der Waals surface area contributed by atoms with Crippen molar-refractivity contribution in [3.63, 3.8) is 0 Å². The van der Waals surface area contributed by atoms with Gasteiger partial charge in [-0.3, -0.25) is 9.89 Å². The fraction of sp³-hybridized carbons (Fsp3) is 0.375. The molecule has 0 spiro atoms. The number of hydrogen-bond acceptors (Lipinski definition) is 7. The number of hydrogen-bond donors (Lipinski definition) is 1. The second kappa shape index (κ2) is 9.74. The molecule has 1 saturated heterocycles. The molecule has 0 aliphatic carbocycles. The van der Waals surface area contributed by atoms with Gasteiger partial charge in [0.25, 0.3) is 0 Å². The number of aromatic amines is 1. The summed E-state index contributed by atoms with van der Waals surface area (Å²) in [6.45, 7) is 2.07. The Bertz CT molecular complexity index is 1120. The van der Waals surface area contributed by atoms with Crippen molar-refractivity contribution in [1.29, 1.82) is 0 Å². The third-order valence-electron chi connectivity index (χ3n) is 5.88. The molecule has 1 N–H and O–H groups in total. The van der Waals surface area contributed by atoms with Crippen molar-refractivity contribution >= 4 is 17.7 Å². The van der Waals surface area contributed by atoms with Crippen LogP contribution in [-0.2, 0) is 4.79 Å². The van der Waals surface area contributed by atoms with E-state index in [1.54, 1.807) is 7.11 Å². The number of carbonyl (C=O) groups excluding carboxylic acids is 1. The molecule has 0 bridgehead atoms. The summed E-state index contributed by atoms with van der Waals surface area (Å²) in [5.41, 5.74) is 2.00. The van der Waals surface area contributed by atoms with Crippen LogP contribution in [0.25, 0.3) is 11.4 Å². The maximum absolute atomic E-state index is 13.1. The Morgan fingerprint density at radius 1 is 1.15 bits per heavy atom. The normalized spacial score (nSPS) is 17.6. The van der Waals surface area contributed by atoms with Crippen LogP contribution in [0.15, 0.2) is 47.6 Å². The monoisotopic (exact) mass is 466 g/mol. The van der Waals surface area contributed by atoms with Gasteiger partial charge in [-0.15, -0.1) is 5.10 Å². The third kappa shape index (κ3) is 4.78. The first kappa shape index (κ1) is 21.6. The second-order valence-electron chi connectivity index (χ2n) is 7.99. The van der Waals surface area contributed by atoms with Gasteiger partial charge in [-0.1, -0.05) is 17.8 Å². The minimum Gasteiger partial charge on any atom is -0.497 e. The fourth-order valence-corrected chi connectivity index (χ4v) is 4.88. The second-order valence-corrected chi connectivity index (χ2v) is 8.93. The summed E-state index contributed by atoms with van der Waals surface area (Å²) in [7, 11) is 1.63. The van der Waals surface area contributed by atoms with Crippen LogP contribution >= 0.6 is 11.8 Å². The summed E-state index contributed by atoms with van der Waals surface area (Å²) >= 11 is 1.35. The highest BCUT2D eigenvalue weighted by atomic mass is 32.2. The van der Waals surface area contributed by atoms with Crippen molar-refractivity contribution in [2.24, 2.45) is 0 Å². The minimum atomic E-state index is 0.0530. The highest BCUT2D eigenvalue weighted by molar-refractivity contribution is 7.99. The molecule has 1 atom stereocenters. The number of H-pyrrole nitrogens is 1. The molecule has 5 rings (SSSR count). The highest BCUT2D eigenvalue weighted by Gasteiger charge is 2.31. The SMILES string of the molecule is COc1ccc(-c2nc(SCC(=O)N3CCCC3c3ccc4c(c3)OCCCO4)n[nH]2)cc1. The lowest BCUT2D eigenvalue weighted by Crippen LogP contribution is -2.32. The molecule has 1 unspecified atom stereocenters. The van der Waals surface area contributed by atoms with E-state index < -0.39 is 0 Å². The zero-order chi connectivity index (χ0) is 22.6. The van der Waals surface area contributed by atoms with E-state index in [-0.39, 0.29) is 11.9 Å².